The molecule has 2 unspecified atom stereocenters. The van der Waals surface area contributed by atoms with Crippen molar-refractivity contribution in [3.8, 4) is 5.75 Å². The number of carbonyl (C=O) groups is 1. The van der Waals surface area contributed by atoms with Crippen molar-refractivity contribution in [3.05, 3.63) is 42.0 Å². The van der Waals surface area contributed by atoms with Gasteiger partial charge in [-0.15, -0.1) is 0 Å². The third-order valence-electron chi connectivity index (χ3n) is 3.45. The second-order valence-electron chi connectivity index (χ2n) is 5.08. The average molecular weight is 303 g/mol. The van der Waals surface area contributed by atoms with Gasteiger partial charge in [-0.1, -0.05) is 30.3 Å². The van der Waals surface area contributed by atoms with Crippen molar-refractivity contribution in [3.63, 3.8) is 0 Å². The van der Waals surface area contributed by atoms with E-state index >= 15 is 0 Å². The minimum atomic E-state index is -1.15. The Bertz CT molecular complexity index is 656. The Morgan fingerprint density at radius 2 is 1.95 bits per heavy atom. The van der Waals surface area contributed by atoms with Gasteiger partial charge in [0.05, 0.1) is 6.61 Å². The van der Waals surface area contributed by atoms with E-state index in [1.54, 1.807) is 6.07 Å². The Balaban J connectivity index is 2.41. The molecule has 0 aliphatic heterocycles. The van der Waals surface area contributed by atoms with Crippen LogP contribution >= 0.6 is 0 Å². The van der Waals surface area contributed by atoms with Gasteiger partial charge in [-0.2, -0.15) is 0 Å². The van der Waals surface area contributed by atoms with Crippen LogP contribution in [-0.4, -0.2) is 35.4 Å². The van der Waals surface area contributed by atoms with Crippen molar-refractivity contribution in [1.29, 1.82) is 0 Å². The van der Waals surface area contributed by atoms with Gasteiger partial charge in [0.2, 0.25) is 5.91 Å². The molecule has 3 N–H and O–H groups in total. The molecule has 0 bridgehead atoms. The van der Waals surface area contributed by atoms with Crippen LogP contribution in [0.5, 0.6) is 5.75 Å². The molecule has 2 atom stereocenters. The zero-order chi connectivity index (χ0) is 16.1. The first kappa shape index (κ1) is 16.3. The molecule has 118 valence electrons. The molecule has 0 saturated heterocycles. The summed E-state index contributed by atoms with van der Waals surface area (Å²) in [4.78, 5) is 11.0. The van der Waals surface area contributed by atoms with Crippen LogP contribution in [0.4, 0.5) is 0 Å². The quantitative estimate of drug-likeness (QED) is 0.760. The standard InChI is InChI=1S/C17H21NO4/c1-3-22-15-9-8-12-6-4-5-7-13(12)16(15)17(21)14(20)10-18-11(2)19/h4-9,14,17,20-21H,3,10H2,1-2H3,(H,18,19). The number of aliphatic hydroxyl groups excluding tert-OH is 2. The molecule has 2 rings (SSSR count). The Morgan fingerprint density at radius 1 is 1.23 bits per heavy atom. The third kappa shape index (κ3) is 3.55. The minimum absolute atomic E-state index is 0.0225. The Morgan fingerprint density at radius 3 is 2.64 bits per heavy atom. The van der Waals surface area contributed by atoms with Crippen molar-refractivity contribution >= 4 is 16.7 Å². The van der Waals surface area contributed by atoms with Crippen LogP contribution in [0, 0.1) is 0 Å². The maximum Gasteiger partial charge on any atom is 0.216 e. The number of amides is 1. The second-order valence-corrected chi connectivity index (χ2v) is 5.08. The van der Waals surface area contributed by atoms with Gasteiger partial charge in [0.25, 0.3) is 0 Å². The number of benzene rings is 2. The normalized spacial score (nSPS) is 13.6. The van der Waals surface area contributed by atoms with Gasteiger partial charge in [0, 0.05) is 19.0 Å². The fourth-order valence-electron chi connectivity index (χ4n) is 2.41. The highest BCUT2D eigenvalue weighted by molar-refractivity contribution is 5.88. The molecular formula is C17H21NO4. The number of rotatable bonds is 6. The van der Waals surface area contributed by atoms with Gasteiger partial charge in [-0.3, -0.25) is 4.79 Å². The fraction of sp³-hybridized carbons (Fsp3) is 0.353. The lowest BCUT2D eigenvalue weighted by Crippen LogP contribution is -2.34. The third-order valence-corrected chi connectivity index (χ3v) is 3.45. The highest BCUT2D eigenvalue weighted by atomic mass is 16.5. The number of aliphatic hydroxyl groups is 2. The molecule has 0 heterocycles. The van der Waals surface area contributed by atoms with Crippen LogP contribution in [0.3, 0.4) is 0 Å². The number of hydrogen-bond donors (Lipinski definition) is 3. The van der Waals surface area contributed by atoms with Crippen LogP contribution in [0.25, 0.3) is 10.8 Å². The van der Waals surface area contributed by atoms with E-state index in [1.807, 2.05) is 37.3 Å². The van der Waals surface area contributed by atoms with E-state index in [-0.39, 0.29) is 12.5 Å². The number of nitrogens with one attached hydrogen (secondary N) is 1. The van der Waals surface area contributed by atoms with Crippen molar-refractivity contribution in [2.45, 2.75) is 26.1 Å². The fourth-order valence-corrected chi connectivity index (χ4v) is 2.41. The molecule has 5 heteroatoms. The number of ether oxygens (including phenoxy) is 1. The Kier molecular flexibility index (Phi) is 5.35. The summed E-state index contributed by atoms with van der Waals surface area (Å²) in [5.74, 6) is 0.282. The predicted molar refractivity (Wildman–Crippen MR) is 84.8 cm³/mol. The van der Waals surface area contributed by atoms with E-state index in [9.17, 15) is 15.0 Å². The molecule has 0 fully saturated rings. The zero-order valence-corrected chi connectivity index (χ0v) is 12.7. The number of fused-ring (bicyclic) bond motifs is 1. The first-order valence-electron chi connectivity index (χ1n) is 7.29. The minimum Gasteiger partial charge on any atom is -0.493 e. The maximum absolute atomic E-state index is 11.0. The number of carbonyl (C=O) groups excluding carboxylic acids is 1. The van der Waals surface area contributed by atoms with Crippen LogP contribution < -0.4 is 10.1 Å². The summed E-state index contributed by atoms with van der Waals surface area (Å²) in [6, 6.07) is 11.3. The zero-order valence-electron chi connectivity index (χ0n) is 12.7. The molecule has 5 nitrogen and oxygen atoms in total. The van der Waals surface area contributed by atoms with Gasteiger partial charge in [0.15, 0.2) is 0 Å². The van der Waals surface area contributed by atoms with Crippen molar-refractivity contribution < 1.29 is 19.7 Å². The van der Waals surface area contributed by atoms with Crippen molar-refractivity contribution in [1.82, 2.24) is 5.32 Å². The first-order valence-corrected chi connectivity index (χ1v) is 7.29. The predicted octanol–water partition coefficient (Wildman–Crippen LogP) is 1.77. The maximum atomic E-state index is 11.0. The van der Waals surface area contributed by atoms with Crippen LogP contribution in [0.15, 0.2) is 36.4 Å². The lowest BCUT2D eigenvalue weighted by Gasteiger charge is -2.22. The van der Waals surface area contributed by atoms with E-state index in [0.717, 1.165) is 10.8 Å². The lowest BCUT2D eigenvalue weighted by molar-refractivity contribution is -0.119. The van der Waals surface area contributed by atoms with E-state index in [1.165, 1.54) is 6.92 Å². The molecule has 2 aromatic rings. The van der Waals surface area contributed by atoms with Gasteiger partial charge in [0.1, 0.15) is 18.0 Å². The van der Waals surface area contributed by atoms with Gasteiger partial charge < -0.3 is 20.3 Å². The SMILES string of the molecule is CCOc1ccc2ccccc2c1C(O)C(O)CNC(C)=O. The van der Waals surface area contributed by atoms with Crippen LogP contribution in [-0.2, 0) is 4.79 Å². The largest absolute Gasteiger partial charge is 0.493 e. The monoisotopic (exact) mass is 303 g/mol. The average Bonchev–Trinajstić information content (AvgIpc) is 2.52. The van der Waals surface area contributed by atoms with E-state index in [0.29, 0.717) is 17.9 Å². The summed E-state index contributed by atoms with van der Waals surface area (Å²) in [5, 5.41) is 25.0. The summed E-state index contributed by atoms with van der Waals surface area (Å²) >= 11 is 0. The van der Waals surface area contributed by atoms with Crippen LogP contribution in [0.1, 0.15) is 25.5 Å². The summed E-state index contributed by atoms with van der Waals surface area (Å²) < 4.78 is 5.58. The highest BCUT2D eigenvalue weighted by Gasteiger charge is 2.24. The molecule has 0 saturated carbocycles. The molecule has 0 aliphatic rings. The van der Waals surface area contributed by atoms with Gasteiger partial charge in [-0.05, 0) is 23.8 Å². The molecule has 1 amide bonds. The molecular weight excluding hydrogens is 282 g/mol. The summed E-state index contributed by atoms with van der Waals surface area (Å²) in [7, 11) is 0. The number of hydrogen-bond acceptors (Lipinski definition) is 4. The van der Waals surface area contributed by atoms with Crippen molar-refractivity contribution in [2.75, 3.05) is 13.2 Å². The topological polar surface area (TPSA) is 78.8 Å². The molecule has 0 aliphatic carbocycles. The van der Waals surface area contributed by atoms with Crippen LogP contribution in [0.2, 0.25) is 0 Å². The first-order chi connectivity index (χ1) is 10.5. The molecule has 0 aromatic heterocycles. The van der Waals surface area contributed by atoms with Gasteiger partial charge >= 0.3 is 0 Å². The molecule has 0 radical (unpaired) electrons. The van der Waals surface area contributed by atoms with Crippen molar-refractivity contribution in [2.24, 2.45) is 0 Å². The smallest absolute Gasteiger partial charge is 0.216 e. The van der Waals surface area contributed by atoms with E-state index in [4.69, 9.17) is 4.74 Å². The Hall–Kier alpha value is -2.11. The molecule has 2 aromatic carbocycles. The molecule has 22 heavy (non-hydrogen) atoms. The lowest BCUT2D eigenvalue weighted by atomic mass is 9.96. The summed E-state index contributed by atoms with van der Waals surface area (Å²) in [6.45, 7) is 3.66. The highest BCUT2D eigenvalue weighted by Crippen LogP contribution is 2.34. The summed E-state index contributed by atoms with van der Waals surface area (Å²) in [6.07, 6.45) is -2.27. The molecule has 0 spiro atoms. The summed E-state index contributed by atoms with van der Waals surface area (Å²) in [5.41, 5.74) is 0.540. The van der Waals surface area contributed by atoms with Gasteiger partial charge in [-0.25, -0.2) is 0 Å². The van der Waals surface area contributed by atoms with E-state index < -0.39 is 12.2 Å². The second kappa shape index (κ2) is 7.24. The Labute approximate surface area is 129 Å². The van der Waals surface area contributed by atoms with E-state index in [2.05, 4.69) is 5.32 Å².